The molecule has 1 saturated heterocycles. The molecule has 1 amide bonds. The molecule has 1 fully saturated rings. The zero-order valence-corrected chi connectivity index (χ0v) is 15.7. The van der Waals surface area contributed by atoms with E-state index in [-0.39, 0.29) is 11.9 Å². The quantitative estimate of drug-likeness (QED) is 0.894. The summed E-state index contributed by atoms with van der Waals surface area (Å²) in [5.41, 5.74) is 2.85. The molecule has 2 aromatic rings. The highest BCUT2D eigenvalue weighted by Crippen LogP contribution is 2.21. The van der Waals surface area contributed by atoms with E-state index in [1.807, 2.05) is 72.4 Å². The number of hydrogen-bond donors (Lipinski definition) is 1. The predicted octanol–water partition coefficient (Wildman–Crippen LogP) is 3.48. The number of ether oxygens (including phenoxy) is 1. The molecule has 0 aliphatic carbocycles. The predicted molar refractivity (Wildman–Crippen MR) is 106 cm³/mol. The fraction of sp³-hybridized carbons (Fsp3) is 0.381. The summed E-state index contributed by atoms with van der Waals surface area (Å²) in [6.45, 7) is 1.53. The van der Waals surface area contributed by atoms with Crippen LogP contribution < -0.4 is 15.0 Å². The molecule has 1 aliphatic heterocycles. The fourth-order valence-electron chi connectivity index (χ4n) is 3.30. The maximum atomic E-state index is 12.9. The van der Waals surface area contributed by atoms with Crippen molar-refractivity contribution in [1.82, 2.24) is 4.90 Å². The second-order valence-corrected chi connectivity index (χ2v) is 6.91. The minimum atomic E-state index is 0.106. The zero-order chi connectivity index (χ0) is 18.5. The Morgan fingerprint density at radius 3 is 2.65 bits per heavy atom. The molecule has 138 valence electrons. The summed E-state index contributed by atoms with van der Waals surface area (Å²) < 4.78 is 5.20. The van der Waals surface area contributed by atoms with Crippen LogP contribution in [0.4, 0.5) is 11.4 Å². The van der Waals surface area contributed by atoms with E-state index in [2.05, 4.69) is 5.32 Å². The van der Waals surface area contributed by atoms with E-state index < -0.39 is 0 Å². The SMILES string of the molecule is COc1ccc(N[C@@H]2CCCN(C(=O)c3cccc(N(C)C)c3)C2)cc1. The van der Waals surface area contributed by atoms with E-state index >= 15 is 0 Å². The van der Waals surface area contributed by atoms with Gasteiger partial charge in [0.1, 0.15) is 5.75 Å². The lowest BCUT2D eigenvalue weighted by Crippen LogP contribution is -2.45. The van der Waals surface area contributed by atoms with Crippen molar-refractivity contribution < 1.29 is 9.53 Å². The number of benzene rings is 2. The summed E-state index contributed by atoms with van der Waals surface area (Å²) >= 11 is 0. The molecule has 0 radical (unpaired) electrons. The average Bonchev–Trinajstić information content (AvgIpc) is 2.68. The van der Waals surface area contributed by atoms with E-state index in [4.69, 9.17) is 4.74 Å². The number of likely N-dealkylation sites (tertiary alicyclic amines) is 1. The monoisotopic (exact) mass is 353 g/mol. The minimum Gasteiger partial charge on any atom is -0.497 e. The first-order valence-corrected chi connectivity index (χ1v) is 9.04. The van der Waals surface area contributed by atoms with Crippen LogP contribution in [0.3, 0.4) is 0 Å². The van der Waals surface area contributed by atoms with Gasteiger partial charge in [-0.05, 0) is 55.3 Å². The second-order valence-electron chi connectivity index (χ2n) is 6.91. The van der Waals surface area contributed by atoms with Gasteiger partial charge in [-0.1, -0.05) is 6.07 Å². The van der Waals surface area contributed by atoms with Crippen molar-refractivity contribution in [2.45, 2.75) is 18.9 Å². The van der Waals surface area contributed by atoms with Crippen LogP contribution in [0.25, 0.3) is 0 Å². The Morgan fingerprint density at radius 1 is 1.19 bits per heavy atom. The van der Waals surface area contributed by atoms with Gasteiger partial charge in [0.15, 0.2) is 0 Å². The lowest BCUT2D eigenvalue weighted by atomic mass is 10.0. The number of carbonyl (C=O) groups excluding carboxylic acids is 1. The summed E-state index contributed by atoms with van der Waals surface area (Å²) in [6, 6.07) is 16.0. The number of nitrogens with zero attached hydrogens (tertiary/aromatic N) is 2. The summed E-state index contributed by atoms with van der Waals surface area (Å²) in [5.74, 6) is 0.951. The van der Waals surface area contributed by atoms with Crippen molar-refractivity contribution in [3.05, 3.63) is 54.1 Å². The van der Waals surface area contributed by atoms with Crippen molar-refractivity contribution in [3.8, 4) is 5.75 Å². The Labute approximate surface area is 155 Å². The summed E-state index contributed by atoms with van der Waals surface area (Å²) in [4.78, 5) is 16.9. The van der Waals surface area contributed by atoms with E-state index in [1.165, 1.54) is 0 Å². The molecule has 0 saturated carbocycles. The number of methoxy groups -OCH3 is 1. The third kappa shape index (κ3) is 4.28. The van der Waals surface area contributed by atoms with Gasteiger partial charge in [0, 0.05) is 50.2 Å². The van der Waals surface area contributed by atoms with Crippen LogP contribution in [0.15, 0.2) is 48.5 Å². The smallest absolute Gasteiger partial charge is 0.253 e. The van der Waals surface area contributed by atoms with Gasteiger partial charge in [-0.3, -0.25) is 4.79 Å². The molecule has 2 aromatic carbocycles. The number of anilines is 2. The second kappa shape index (κ2) is 8.13. The van der Waals surface area contributed by atoms with Crippen LogP contribution in [0.5, 0.6) is 5.75 Å². The number of amides is 1. The van der Waals surface area contributed by atoms with Gasteiger partial charge in [-0.25, -0.2) is 0 Å². The first-order chi connectivity index (χ1) is 12.6. The highest BCUT2D eigenvalue weighted by Gasteiger charge is 2.24. The summed E-state index contributed by atoms with van der Waals surface area (Å²) in [6.07, 6.45) is 2.07. The van der Waals surface area contributed by atoms with Crippen LogP contribution in [-0.4, -0.2) is 51.1 Å². The van der Waals surface area contributed by atoms with Gasteiger partial charge in [-0.2, -0.15) is 0 Å². The van der Waals surface area contributed by atoms with Crippen molar-refractivity contribution >= 4 is 17.3 Å². The molecular formula is C21H27N3O2. The molecule has 0 aromatic heterocycles. The Bertz CT molecular complexity index is 743. The van der Waals surface area contributed by atoms with Crippen LogP contribution in [-0.2, 0) is 0 Å². The standard InChI is InChI=1S/C21H27N3O2/c1-23(2)19-8-4-6-16(14-19)21(25)24-13-5-7-18(15-24)22-17-9-11-20(26-3)12-10-17/h4,6,8-12,14,18,22H,5,7,13,15H2,1-3H3/t18-/m1/s1. The highest BCUT2D eigenvalue weighted by atomic mass is 16.5. The lowest BCUT2D eigenvalue weighted by Gasteiger charge is -2.34. The van der Waals surface area contributed by atoms with Crippen molar-refractivity contribution in [1.29, 1.82) is 0 Å². The molecule has 1 aliphatic rings. The number of carbonyl (C=O) groups is 1. The number of nitrogens with one attached hydrogen (secondary N) is 1. The van der Waals surface area contributed by atoms with E-state index in [0.717, 1.165) is 48.6 Å². The van der Waals surface area contributed by atoms with Gasteiger partial charge in [-0.15, -0.1) is 0 Å². The largest absolute Gasteiger partial charge is 0.497 e. The van der Waals surface area contributed by atoms with Gasteiger partial charge < -0.3 is 19.9 Å². The molecule has 1 heterocycles. The molecule has 5 nitrogen and oxygen atoms in total. The van der Waals surface area contributed by atoms with E-state index in [0.29, 0.717) is 0 Å². The molecule has 0 unspecified atom stereocenters. The highest BCUT2D eigenvalue weighted by molar-refractivity contribution is 5.95. The molecule has 3 rings (SSSR count). The Kier molecular flexibility index (Phi) is 5.66. The van der Waals surface area contributed by atoms with Gasteiger partial charge in [0.05, 0.1) is 7.11 Å². The van der Waals surface area contributed by atoms with Crippen LogP contribution >= 0.6 is 0 Å². The molecular weight excluding hydrogens is 326 g/mol. The maximum absolute atomic E-state index is 12.9. The molecule has 0 bridgehead atoms. The summed E-state index contributed by atoms with van der Waals surface area (Å²) in [7, 11) is 5.64. The zero-order valence-electron chi connectivity index (χ0n) is 15.7. The molecule has 5 heteroatoms. The third-order valence-corrected chi connectivity index (χ3v) is 4.78. The Balaban J connectivity index is 1.65. The van der Waals surface area contributed by atoms with E-state index in [9.17, 15) is 4.79 Å². The van der Waals surface area contributed by atoms with Gasteiger partial charge in [0.2, 0.25) is 0 Å². The fourth-order valence-corrected chi connectivity index (χ4v) is 3.30. The molecule has 26 heavy (non-hydrogen) atoms. The Hall–Kier alpha value is -2.69. The van der Waals surface area contributed by atoms with Crippen LogP contribution in [0.2, 0.25) is 0 Å². The first kappa shape index (κ1) is 18.1. The normalized spacial score (nSPS) is 16.9. The van der Waals surface area contributed by atoms with Crippen molar-refractivity contribution in [3.63, 3.8) is 0 Å². The van der Waals surface area contributed by atoms with Crippen LogP contribution in [0, 0.1) is 0 Å². The molecule has 0 spiro atoms. The average molecular weight is 353 g/mol. The van der Waals surface area contributed by atoms with Crippen molar-refractivity contribution in [2.24, 2.45) is 0 Å². The van der Waals surface area contributed by atoms with Crippen molar-refractivity contribution in [2.75, 3.05) is 44.5 Å². The van der Waals surface area contributed by atoms with E-state index in [1.54, 1.807) is 7.11 Å². The first-order valence-electron chi connectivity index (χ1n) is 9.04. The number of piperidine rings is 1. The minimum absolute atomic E-state index is 0.106. The Morgan fingerprint density at radius 2 is 1.96 bits per heavy atom. The van der Waals surface area contributed by atoms with Gasteiger partial charge >= 0.3 is 0 Å². The maximum Gasteiger partial charge on any atom is 0.253 e. The number of rotatable bonds is 5. The van der Waals surface area contributed by atoms with Gasteiger partial charge in [0.25, 0.3) is 5.91 Å². The third-order valence-electron chi connectivity index (χ3n) is 4.78. The number of hydrogen-bond acceptors (Lipinski definition) is 4. The summed E-state index contributed by atoms with van der Waals surface area (Å²) in [5, 5.41) is 3.54. The van der Waals surface area contributed by atoms with Crippen LogP contribution in [0.1, 0.15) is 23.2 Å². The topological polar surface area (TPSA) is 44.8 Å². The molecule has 1 N–H and O–H groups in total. The lowest BCUT2D eigenvalue weighted by molar-refractivity contribution is 0.0715. The molecule has 1 atom stereocenters.